The number of amides is 1. The van der Waals surface area contributed by atoms with Crippen LogP contribution in [-0.2, 0) is 10.2 Å². The molecule has 3 heterocycles. The van der Waals surface area contributed by atoms with Gasteiger partial charge in [-0.25, -0.2) is 0 Å². The van der Waals surface area contributed by atoms with Gasteiger partial charge in [-0.15, -0.1) is 0 Å². The molecule has 0 radical (unpaired) electrons. The Hall–Kier alpha value is -1.88. The van der Waals surface area contributed by atoms with E-state index in [9.17, 15) is 4.79 Å². The van der Waals surface area contributed by atoms with E-state index in [1.54, 1.807) is 0 Å². The van der Waals surface area contributed by atoms with Crippen LogP contribution < -0.4 is 10.6 Å². The number of hydrogen-bond donors (Lipinski definition) is 2. The molecule has 5 rings (SSSR count). The first-order chi connectivity index (χ1) is 15.1. The number of benzene rings is 1. The lowest BCUT2D eigenvalue weighted by Gasteiger charge is -2.52. The van der Waals surface area contributed by atoms with Crippen LogP contribution in [0.5, 0.6) is 0 Å². The quantitative estimate of drug-likeness (QED) is 0.779. The zero-order valence-corrected chi connectivity index (χ0v) is 19.2. The molecule has 0 aromatic heterocycles. The van der Waals surface area contributed by atoms with Crippen LogP contribution in [0.4, 0.5) is 0 Å². The summed E-state index contributed by atoms with van der Waals surface area (Å²) in [4.78, 5) is 21.2. The van der Waals surface area contributed by atoms with Crippen LogP contribution in [0, 0.1) is 17.8 Å². The number of fused-ring (bicyclic) bond motifs is 2. The number of aliphatic imine (C=N–C) groups is 1. The summed E-state index contributed by atoms with van der Waals surface area (Å²) in [6, 6.07) is 9.08. The molecule has 2 fully saturated rings. The third-order valence-corrected chi connectivity index (χ3v) is 8.53. The summed E-state index contributed by atoms with van der Waals surface area (Å²) in [6.45, 7) is 8.91. The molecule has 2 N–H and O–H groups in total. The lowest BCUT2D eigenvalue weighted by Crippen LogP contribution is -2.59. The molecule has 1 atom stereocenters. The standard InChI is InChI=1S/C26H38N4O/c1-18(2)19-7-9-20(10-8-19)24-21-5-3-4-6-22(21)26(11-13-27-14-12-26)25(31)30(24)17-23-28-15-16-29-23/h3-6,18-20,24,27H,7-17H2,1-2H3,(H,28,29). The lowest BCUT2D eigenvalue weighted by atomic mass is 9.63. The van der Waals surface area contributed by atoms with Crippen LogP contribution in [0.2, 0.25) is 0 Å². The molecule has 168 valence electrons. The Balaban J connectivity index is 1.54. The highest BCUT2D eigenvalue weighted by Crippen LogP contribution is 2.51. The maximum absolute atomic E-state index is 14.3. The lowest BCUT2D eigenvalue weighted by molar-refractivity contribution is -0.144. The van der Waals surface area contributed by atoms with Crippen molar-refractivity contribution in [1.29, 1.82) is 0 Å². The number of carbonyl (C=O) groups excluding carboxylic acids is 1. The van der Waals surface area contributed by atoms with Gasteiger partial charge in [0.25, 0.3) is 0 Å². The van der Waals surface area contributed by atoms with E-state index < -0.39 is 0 Å². The third-order valence-electron chi connectivity index (χ3n) is 8.53. The van der Waals surface area contributed by atoms with E-state index in [1.165, 1.54) is 36.8 Å². The fourth-order valence-electron chi connectivity index (χ4n) is 6.73. The van der Waals surface area contributed by atoms with Crippen molar-refractivity contribution < 1.29 is 4.79 Å². The van der Waals surface area contributed by atoms with Crippen LogP contribution in [0.1, 0.15) is 69.5 Å². The highest BCUT2D eigenvalue weighted by atomic mass is 16.2. The van der Waals surface area contributed by atoms with Crippen molar-refractivity contribution in [2.24, 2.45) is 22.7 Å². The van der Waals surface area contributed by atoms with Gasteiger partial charge in [0.15, 0.2) is 0 Å². The number of nitrogens with one attached hydrogen (secondary N) is 2. The molecule has 1 aliphatic carbocycles. The van der Waals surface area contributed by atoms with Crippen molar-refractivity contribution in [3.05, 3.63) is 35.4 Å². The van der Waals surface area contributed by atoms with Gasteiger partial charge in [-0.1, -0.05) is 38.1 Å². The number of carbonyl (C=O) groups is 1. The average molecular weight is 423 g/mol. The molecule has 1 spiro atoms. The molecule has 1 unspecified atom stereocenters. The van der Waals surface area contributed by atoms with Crippen LogP contribution in [-0.4, -0.2) is 49.4 Å². The molecule has 1 amide bonds. The number of piperidine rings is 1. The largest absolute Gasteiger partial charge is 0.370 e. The first-order valence-electron chi connectivity index (χ1n) is 12.5. The number of hydrogen-bond acceptors (Lipinski definition) is 4. The third kappa shape index (κ3) is 3.69. The van der Waals surface area contributed by atoms with E-state index >= 15 is 0 Å². The van der Waals surface area contributed by atoms with E-state index in [4.69, 9.17) is 0 Å². The van der Waals surface area contributed by atoms with Crippen LogP contribution in [0.15, 0.2) is 29.3 Å². The Morgan fingerprint density at radius 3 is 2.52 bits per heavy atom. The average Bonchev–Trinajstić information content (AvgIpc) is 3.32. The van der Waals surface area contributed by atoms with Gasteiger partial charge in [-0.3, -0.25) is 9.79 Å². The van der Waals surface area contributed by atoms with Crippen molar-refractivity contribution in [3.8, 4) is 0 Å². The number of amidine groups is 1. The predicted octanol–water partition coefficient (Wildman–Crippen LogP) is 3.66. The number of nitrogens with zero attached hydrogens (tertiary/aromatic N) is 2. The Labute approximate surface area is 187 Å². The Kier molecular flexibility index (Phi) is 5.80. The van der Waals surface area contributed by atoms with Gasteiger partial charge in [0.05, 0.1) is 24.5 Å². The molecular weight excluding hydrogens is 384 g/mol. The van der Waals surface area contributed by atoms with Crippen molar-refractivity contribution in [2.75, 3.05) is 32.7 Å². The summed E-state index contributed by atoms with van der Waals surface area (Å²) in [7, 11) is 0. The van der Waals surface area contributed by atoms with Gasteiger partial charge in [0.1, 0.15) is 5.84 Å². The van der Waals surface area contributed by atoms with Crippen LogP contribution in [0.3, 0.4) is 0 Å². The highest BCUT2D eigenvalue weighted by molar-refractivity contribution is 5.95. The van der Waals surface area contributed by atoms with Gasteiger partial charge < -0.3 is 15.5 Å². The number of rotatable bonds is 4. The van der Waals surface area contributed by atoms with E-state index in [-0.39, 0.29) is 11.5 Å². The minimum atomic E-state index is -0.368. The molecule has 1 saturated heterocycles. The molecule has 4 aliphatic rings. The van der Waals surface area contributed by atoms with E-state index in [2.05, 4.69) is 58.6 Å². The zero-order valence-electron chi connectivity index (χ0n) is 19.2. The molecule has 0 bridgehead atoms. The minimum absolute atomic E-state index is 0.183. The fourth-order valence-corrected chi connectivity index (χ4v) is 6.73. The summed E-state index contributed by atoms with van der Waals surface area (Å²) in [5.74, 6) is 3.47. The van der Waals surface area contributed by atoms with Crippen LogP contribution in [0.25, 0.3) is 0 Å². The van der Waals surface area contributed by atoms with Crippen molar-refractivity contribution in [3.63, 3.8) is 0 Å². The summed E-state index contributed by atoms with van der Waals surface area (Å²) < 4.78 is 0. The maximum atomic E-state index is 14.3. The van der Waals surface area contributed by atoms with E-state index in [1.807, 2.05) is 0 Å². The Morgan fingerprint density at radius 1 is 1.10 bits per heavy atom. The van der Waals surface area contributed by atoms with Crippen molar-refractivity contribution in [2.45, 2.75) is 63.8 Å². The smallest absolute Gasteiger partial charge is 0.234 e. The Morgan fingerprint density at radius 2 is 1.84 bits per heavy atom. The first-order valence-corrected chi connectivity index (χ1v) is 12.5. The molecule has 5 nitrogen and oxygen atoms in total. The summed E-state index contributed by atoms with van der Waals surface area (Å²) >= 11 is 0. The van der Waals surface area contributed by atoms with Crippen molar-refractivity contribution in [1.82, 2.24) is 15.5 Å². The monoisotopic (exact) mass is 422 g/mol. The second-order valence-corrected chi connectivity index (χ2v) is 10.5. The summed E-state index contributed by atoms with van der Waals surface area (Å²) in [6.07, 6.45) is 6.81. The second-order valence-electron chi connectivity index (χ2n) is 10.5. The van der Waals surface area contributed by atoms with Gasteiger partial charge in [-0.05, 0) is 80.5 Å². The topological polar surface area (TPSA) is 56.7 Å². The van der Waals surface area contributed by atoms with Gasteiger partial charge in [-0.2, -0.15) is 0 Å². The summed E-state index contributed by atoms with van der Waals surface area (Å²) in [5.41, 5.74) is 2.36. The van der Waals surface area contributed by atoms with Crippen molar-refractivity contribution >= 4 is 11.7 Å². The molecule has 31 heavy (non-hydrogen) atoms. The second kappa shape index (κ2) is 8.57. The normalized spacial score (nSPS) is 30.3. The SMILES string of the molecule is CC(C)C1CCC(C2c3ccccc3C3(CCNCC3)C(=O)N2CC2=NCCN2)CC1. The fraction of sp³-hybridized carbons (Fsp3) is 0.692. The highest BCUT2D eigenvalue weighted by Gasteiger charge is 2.52. The summed E-state index contributed by atoms with van der Waals surface area (Å²) in [5, 5.41) is 6.91. The molecular formula is C26H38N4O. The predicted molar refractivity (Wildman–Crippen MR) is 125 cm³/mol. The molecule has 3 aliphatic heterocycles. The minimum Gasteiger partial charge on any atom is -0.370 e. The van der Waals surface area contributed by atoms with Gasteiger partial charge in [0.2, 0.25) is 5.91 Å². The van der Waals surface area contributed by atoms with Gasteiger partial charge in [0, 0.05) is 6.54 Å². The van der Waals surface area contributed by atoms with E-state index in [0.717, 1.165) is 56.7 Å². The molecule has 1 saturated carbocycles. The molecule has 5 heteroatoms. The van der Waals surface area contributed by atoms with Crippen LogP contribution >= 0.6 is 0 Å². The molecule has 1 aromatic carbocycles. The van der Waals surface area contributed by atoms with Gasteiger partial charge >= 0.3 is 0 Å². The zero-order chi connectivity index (χ0) is 21.4. The first kappa shape index (κ1) is 21.0. The Bertz CT molecular complexity index is 834. The maximum Gasteiger partial charge on any atom is 0.234 e. The van der Waals surface area contributed by atoms with E-state index in [0.29, 0.717) is 18.4 Å². The molecule has 1 aromatic rings.